The molecular weight excluding hydrogens is 340 g/mol. The van der Waals surface area contributed by atoms with Gasteiger partial charge < -0.3 is 4.74 Å². The molecule has 0 radical (unpaired) electrons. The molecule has 0 amide bonds. The number of ketones is 1. The molecule has 27 heavy (non-hydrogen) atoms. The van der Waals surface area contributed by atoms with Crippen LogP contribution in [0, 0.1) is 0 Å². The fourth-order valence-corrected chi connectivity index (χ4v) is 2.94. The lowest BCUT2D eigenvalue weighted by Crippen LogP contribution is -2.20. The first kappa shape index (κ1) is 16.7. The Morgan fingerprint density at radius 2 is 1.44 bits per heavy atom. The summed E-state index contributed by atoms with van der Waals surface area (Å²) in [6.07, 6.45) is -1.04. The number of H-pyrrole nitrogens is 1. The zero-order valence-electron chi connectivity index (χ0n) is 14.3. The van der Waals surface area contributed by atoms with Crippen LogP contribution >= 0.6 is 0 Å². The average molecular weight is 356 g/mol. The van der Waals surface area contributed by atoms with E-state index in [9.17, 15) is 9.59 Å². The molecule has 1 heterocycles. The van der Waals surface area contributed by atoms with Crippen molar-refractivity contribution in [3.63, 3.8) is 0 Å². The van der Waals surface area contributed by atoms with E-state index in [0.29, 0.717) is 16.5 Å². The van der Waals surface area contributed by atoms with Crippen molar-refractivity contribution in [2.24, 2.45) is 0 Å². The number of nitrogens with one attached hydrogen (secondary N) is 1. The topological polar surface area (TPSA) is 72.1 Å². The summed E-state index contributed by atoms with van der Waals surface area (Å²) >= 11 is 0. The van der Waals surface area contributed by atoms with Gasteiger partial charge in [0.15, 0.2) is 11.8 Å². The maximum absolute atomic E-state index is 13.0. The summed E-state index contributed by atoms with van der Waals surface area (Å²) < 4.78 is 5.63. The third-order valence-corrected chi connectivity index (χ3v) is 4.29. The van der Waals surface area contributed by atoms with E-state index in [1.54, 1.807) is 54.6 Å². The molecule has 4 aromatic rings. The van der Waals surface area contributed by atoms with Crippen molar-refractivity contribution >= 4 is 22.7 Å². The predicted molar refractivity (Wildman–Crippen MR) is 101 cm³/mol. The minimum absolute atomic E-state index is 0.160. The Morgan fingerprint density at radius 3 is 2.19 bits per heavy atom. The number of Topliss-reactive ketones (excluding diaryl/α,β-unsaturated/α-hetero) is 1. The van der Waals surface area contributed by atoms with Crippen molar-refractivity contribution in [3.05, 3.63) is 102 Å². The zero-order chi connectivity index (χ0) is 18.6. The number of para-hydroxylation sites is 1. The number of aromatic amines is 1. The summed E-state index contributed by atoms with van der Waals surface area (Å²) in [5, 5.41) is 7.52. The van der Waals surface area contributed by atoms with Gasteiger partial charge in [0.25, 0.3) is 0 Å². The average Bonchev–Trinajstić information content (AvgIpc) is 3.17. The van der Waals surface area contributed by atoms with E-state index in [1.807, 2.05) is 30.3 Å². The number of hydrogen-bond donors (Lipinski definition) is 1. The molecule has 1 N–H and O–H groups in total. The molecule has 3 aromatic carbocycles. The van der Waals surface area contributed by atoms with Crippen molar-refractivity contribution in [1.82, 2.24) is 10.2 Å². The van der Waals surface area contributed by atoms with Gasteiger partial charge in [0.05, 0.1) is 5.52 Å². The number of aromatic nitrogens is 2. The lowest BCUT2D eigenvalue weighted by Gasteiger charge is -2.17. The number of esters is 1. The van der Waals surface area contributed by atoms with E-state index in [1.165, 1.54) is 0 Å². The number of rotatable bonds is 5. The molecular formula is C22H16N2O3. The third-order valence-electron chi connectivity index (χ3n) is 4.29. The molecule has 1 atom stereocenters. The number of carbonyl (C=O) groups is 2. The molecule has 1 unspecified atom stereocenters. The van der Waals surface area contributed by atoms with Gasteiger partial charge in [-0.1, -0.05) is 78.9 Å². The fourth-order valence-electron chi connectivity index (χ4n) is 2.94. The Bertz CT molecular complexity index is 1090. The molecule has 5 heteroatoms. The minimum Gasteiger partial charge on any atom is -0.444 e. The summed E-state index contributed by atoms with van der Waals surface area (Å²) in [6.45, 7) is 0. The third kappa shape index (κ3) is 3.35. The second-order valence-electron chi connectivity index (χ2n) is 6.04. The molecule has 0 spiro atoms. The van der Waals surface area contributed by atoms with E-state index in [0.717, 1.165) is 5.52 Å². The van der Waals surface area contributed by atoms with Crippen molar-refractivity contribution in [1.29, 1.82) is 0 Å². The van der Waals surface area contributed by atoms with Gasteiger partial charge in [-0.15, -0.1) is 0 Å². The Balaban J connectivity index is 1.69. The van der Waals surface area contributed by atoms with E-state index < -0.39 is 12.1 Å². The highest BCUT2D eigenvalue weighted by atomic mass is 16.5. The minimum atomic E-state index is -1.04. The molecule has 132 valence electrons. The number of ether oxygens (including phenoxy) is 1. The van der Waals surface area contributed by atoms with Gasteiger partial charge in [-0.25, -0.2) is 4.79 Å². The monoisotopic (exact) mass is 356 g/mol. The first-order valence-corrected chi connectivity index (χ1v) is 8.52. The fraction of sp³-hybridized carbons (Fsp3) is 0.0455. The number of benzene rings is 3. The van der Waals surface area contributed by atoms with E-state index in [4.69, 9.17) is 4.74 Å². The number of fused-ring (bicyclic) bond motifs is 1. The Morgan fingerprint density at radius 1 is 0.815 bits per heavy atom. The van der Waals surface area contributed by atoms with Crippen LogP contribution in [-0.4, -0.2) is 21.9 Å². The smallest absolute Gasteiger partial charge is 0.360 e. The highest BCUT2D eigenvalue weighted by Gasteiger charge is 2.28. The summed E-state index contributed by atoms with van der Waals surface area (Å²) in [7, 11) is 0. The van der Waals surface area contributed by atoms with Crippen LogP contribution in [0.3, 0.4) is 0 Å². The predicted octanol–water partition coefficient (Wildman–Crippen LogP) is 4.34. The molecule has 5 nitrogen and oxygen atoms in total. The van der Waals surface area contributed by atoms with E-state index in [-0.39, 0.29) is 11.5 Å². The standard InChI is InChI=1S/C22H16N2O3/c25-20(15-9-3-1-4-10-15)21(16-11-5-2-6-12-16)27-22(26)19-17-13-7-8-14-18(17)23-24-19/h1-14,21H,(H,23,24). The van der Waals surface area contributed by atoms with Crippen LogP contribution in [0.15, 0.2) is 84.9 Å². The molecule has 1 aromatic heterocycles. The Hall–Kier alpha value is -3.73. The lowest BCUT2D eigenvalue weighted by atomic mass is 10.00. The van der Waals surface area contributed by atoms with Gasteiger partial charge in [-0.05, 0) is 6.07 Å². The molecule has 0 fully saturated rings. The summed E-state index contributed by atoms with van der Waals surface area (Å²) in [6, 6.07) is 25.0. The molecule has 0 aliphatic rings. The van der Waals surface area contributed by atoms with Crippen LogP contribution in [-0.2, 0) is 4.74 Å². The maximum atomic E-state index is 13.0. The highest BCUT2D eigenvalue weighted by Crippen LogP contribution is 2.25. The first-order chi connectivity index (χ1) is 13.2. The number of carbonyl (C=O) groups excluding carboxylic acids is 2. The van der Waals surface area contributed by atoms with Crippen molar-refractivity contribution in [2.45, 2.75) is 6.10 Å². The molecule has 0 bridgehead atoms. The van der Waals surface area contributed by atoms with Gasteiger partial charge in [-0.2, -0.15) is 5.10 Å². The molecule has 4 rings (SSSR count). The van der Waals surface area contributed by atoms with Crippen LogP contribution in [0.25, 0.3) is 10.9 Å². The number of nitrogens with zero attached hydrogens (tertiary/aromatic N) is 1. The van der Waals surface area contributed by atoms with Gasteiger partial charge in [0.1, 0.15) is 0 Å². The van der Waals surface area contributed by atoms with Gasteiger partial charge >= 0.3 is 5.97 Å². The second-order valence-corrected chi connectivity index (χ2v) is 6.04. The maximum Gasteiger partial charge on any atom is 0.360 e. The highest BCUT2D eigenvalue weighted by molar-refractivity contribution is 6.05. The first-order valence-electron chi connectivity index (χ1n) is 8.52. The van der Waals surface area contributed by atoms with Gasteiger partial charge in [0.2, 0.25) is 5.78 Å². The summed E-state index contributed by atoms with van der Waals surface area (Å²) in [4.78, 5) is 25.8. The van der Waals surface area contributed by atoms with Crippen LogP contribution in [0.2, 0.25) is 0 Å². The molecule has 0 saturated heterocycles. The van der Waals surface area contributed by atoms with E-state index in [2.05, 4.69) is 10.2 Å². The van der Waals surface area contributed by atoms with Crippen LogP contribution in [0.5, 0.6) is 0 Å². The van der Waals surface area contributed by atoms with Crippen molar-refractivity contribution in [3.8, 4) is 0 Å². The Kier molecular flexibility index (Phi) is 4.49. The lowest BCUT2D eigenvalue weighted by molar-refractivity contribution is 0.0276. The molecule has 0 saturated carbocycles. The quantitative estimate of drug-likeness (QED) is 0.426. The molecule has 0 aliphatic carbocycles. The van der Waals surface area contributed by atoms with Crippen molar-refractivity contribution in [2.75, 3.05) is 0 Å². The Labute approximate surface area is 155 Å². The SMILES string of the molecule is O=C(OC(C(=O)c1ccccc1)c1ccccc1)c1n[nH]c2ccccc12. The van der Waals surface area contributed by atoms with Crippen molar-refractivity contribution < 1.29 is 14.3 Å². The van der Waals surface area contributed by atoms with Crippen LogP contribution in [0.1, 0.15) is 32.5 Å². The summed E-state index contributed by atoms with van der Waals surface area (Å²) in [5.41, 5.74) is 1.98. The van der Waals surface area contributed by atoms with Crippen LogP contribution in [0.4, 0.5) is 0 Å². The largest absolute Gasteiger partial charge is 0.444 e. The summed E-state index contributed by atoms with van der Waals surface area (Å²) in [5.74, 6) is -0.930. The zero-order valence-corrected chi connectivity index (χ0v) is 14.3. The second kappa shape index (κ2) is 7.25. The van der Waals surface area contributed by atoms with E-state index >= 15 is 0 Å². The van der Waals surface area contributed by atoms with Gasteiger partial charge in [0, 0.05) is 16.5 Å². The molecule has 0 aliphatic heterocycles. The normalized spacial score (nSPS) is 11.9. The number of hydrogen-bond acceptors (Lipinski definition) is 4. The van der Waals surface area contributed by atoms with Gasteiger partial charge in [-0.3, -0.25) is 9.89 Å². The van der Waals surface area contributed by atoms with Crippen LogP contribution < -0.4 is 0 Å².